The SMILES string of the molecule is CCc1ccccc1NC(=S)NNC(=O)c1cn(C)c2ccccc12. The Bertz CT molecular complexity index is 932. The maximum Gasteiger partial charge on any atom is 0.271 e. The molecule has 25 heavy (non-hydrogen) atoms. The number of hydrazine groups is 1. The van der Waals surface area contributed by atoms with Crippen LogP contribution in [0.1, 0.15) is 22.8 Å². The van der Waals surface area contributed by atoms with Crippen LogP contribution in [0, 0.1) is 0 Å². The summed E-state index contributed by atoms with van der Waals surface area (Å²) in [5.74, 6) is -0.232. The highest BCUT2D eigenvalue weighted by Crippen LogP contribution is 2.20. The molecule has 0 unspecified atom stereocenters. The van der Waals surface area contributed by atoms with Crippen LogP contribution in [-0.2, 0) is 13.5 Å². The maximum absolute atomic E-state index is 12.5. The number of aryl methyl sites for hydroxylation is 2. The fourth-order valence-corrected chi connectivity index (χ4v) is 2.97. The van der Waals surface area contributed by atoms with Crippen molar-refractivity contribution in [2.75, 3.05) is 5.32 Å². The van der Waals surface area contributed by atoms with Gasteiger partial charge in [-0.2, -0.15) is 0 Å². The summed E-state index contributed by atoms with van der Waals surface area (Å²) < 4.78 is 1.93. The van der Waals surface area contributed by atoms with E-state index in [0.717, 1.165) is 28.6 Å². The van der Waals surface area contributed by atoms with Gasteiger partial charge in [-0.05, 0) is 36.3 Å². The first-order chi connectivity index (χ1) is 12.1. The van der Waals surface area contributed by atoms with Gasteiger partial charge < -0.3 is 9.88 Å². The molecule has 0 spiro atoms. The predicted octanol–water partition coefficient (Wildman–Crippen LogP) is 3.37. The summed E-state index contributed by atoms with van der Waals surface area (Å²) in [6.45, 7) is 2.08. The van der Waals surface area contributed by atoms with Crippen LogP contribution in [-0.4, -0.2) is 15.6 Å². The lowest BCUT2D eigenvalue weighted by Gasteiger charge is -2.13. The molecule has 0 radical (unpaired) electrons. The van der Waals surface area contributed by atoms with Gasteiger partial charge in [-0.1, -0.05) is 43.3 Å². The van der Waals surface area contributed by atoms with Gasteiger partial charge in [0.2, 0.25) is 0 Å². The Balaban J connectivity index is 1.66. The van der Waals surface area contributed by atoms with Crippen LogP contribution in [0.4, 0.5) is 5.69 Å². The Morgan fingerprint density at radius 3 is 2.60 bits per heavy atom. The van der Waals surface area contributed by atoms with Crippen molar-refractivity contribution in [2.45, 2.75) is 13.3 Å². The summed E-state index contributed by atoms with van der Waals surface area (Å²) in [6.07, 6.45) is 2.71. The number of carbonyl (C=O) groups is 1. The third kappa shape index (κ3) is 3.64. The Morgan fingerprint density at radius 1 is 1.08 bits per heavy atom. The molecule has 1 heterocycles. The second-order valence-electron chi connectivity index (χ2n) is 5.71. The molecule has 0 saturated heterocycles. The van der Waals surface area contributed by atoms with Crippen molar-refractivity contribution in [3.8, 4) is 0 Å². The zero-order valence-corrected chi connectivity index (χ0v) is 15.0. The van der Waals surface area contributed by atoms with Gasteiger partial charge in [-0.3, -0.25) is 15.6 Å². The Labute approximate surface area is 152 Å². The Kier molecular flexibility index (Phi) is 5.00. The molecule has 0 fully saturated rings. The van der Waals surface area contributed by atoms with Crippen molar-refractivity contribution in [2.24, 2.45) is 7.05 Å². The van der Waals surface area contributed by atoms with Crippen molar-refractivity contribution in [3.05, 3.63) is 65.9 Å². The zero-order chi connectivity index (χ0) is 17.8. The number of nitrogens with zero attached hydrogens (tertiary/aromatic N) is 1. The van der Waals surface area contributed by atoms with Crippen LogP contribution in [0.2, 0.25) is 0 Å². The van der Waals surface area contributed by atoms with Gasteiger partial charge in [0.1, 0.15) is 0 Å². The fourth-order valence-electron chi connectivity index (χ4n) is 2.81. The van der Waals surface area contributed by atoms with Crippen LogP contribution in [0.3, 0.4) is 0 Å². The number of rotatable bonds is 3. The number of hydrogen-bond donors (Lipinski definition) is 3. The van der Waals surface area contributed by atoms with Gasteiger partial charge in [0.25, 0.3) is 5.91 Å². The molecule has 2 aromatic carbocycles. The summed E-state index contributed by atoms with van der Waals surface area (Å²) in [4.78, 5) is 12.5. The van der Waals surface area contributed by atoms with Crippen LogP contribution >= 0.6 is 12.2 Å². The molecule has 0 atom stereocenters. The van der Waals surface area contributed by atoms with E-state index in [0.29, 0.717) is 10.7 Å². The van der Waals surface area contributed by atoms with Gasteiger partial charge in [0.15, 0.2) is 5.11 Å². The number of amides is 1. The van der Waals surface area contributed by atoms with Crippen LogP contribution in [0.5, 0.6) is 0 Å². The molecule has 3 rings (SSSR count). The first kappa shape index (κ1) is 17.0. The average Bonchev–Trinajstić information content (AvgIpc) is 2.97. The largest absolute Gasteiger partial charge is 0.350 e. The van der Waals surface area contributed by atoms with E-state index in [4.69, 9.17) is 12.2 Å². The van der Waals surface area contributed by atoms with E-state index in [1.165, 1.54) is 0 Å². The first-order valence-electron chi connectivity index (χ1n) is 8.09. The van der Waals surface area contributed by atoms with Crippen molar-refractivity contribution in [1.29, 1.82) is 0 Å². The fraction of sp³-hybridized carbons (Fsp3) is 0.158. The van der Waals surface area contributed by atoms with Crippen LogP contribution in [0.25, 0.3) is 10.9 Å². The monoisotopic (exact) mass is 352 g/mol. The van der Waals surface area contributed by atoms with Crippen molar-refractivity contribution < 1.29 is 4.79 Å². The molecule has 0 aliphatic heterocycles. The second kappa shape index (κ2) is 7.36. The minimum absolute atomic E-state index is 0.232. The number of aromatic nitrogens is 1. The lowest BCUT2D eigenvalue weighted by atomic mass is 10.1. The maximum atomic E-state index is 12.5. The Morgan fingerprint density at radius 2 is 1.80 bits per heavy atom. The second-order valence-corrected chi connectivity index (χ2v) is 6.12. The van der Waals surface area contributed by atoms with Crippen molar-refractivity contribution in [1.82, 2.24) is 15.4 Å². The number of thiocarbonyl (C=S) groups is 1. The molecular formula is C19H20N4OS. The molecule has 3 aromatic rings. The summed E-state index contributed by atoms with van der Waals surface area (Å²) in [7, 11) is 1.92. The lowest BCUT2D eigenvalue weighted by Crippen LogP contribution is -2.43. The van der Waals surface area contributed by atoms with Gasteiger partial charge in [0, 0.05) is 29.8 Å². The third-order valence-corrected chi connectivity index (χ3v) is 4.28. The minimum Gasteiger partial charge on any atom is -0.350 e. The van der Waals surface area contributed by atoms with E-state index >= 15 is 0 Å². The summed E-state index contributed by atoms with van der Waals surface area (Å²) in [5, 5.41) is 4.36. The number of para-hydroxylation sites is 2. The average molecular weight is 352 g/mol. The highest BCUT2D eigenvalue weighted by atomic mass is 32.1. The van der Waals surface area contributed by atoms with Crippen molar-refractivity contribution in [3.63, 3.8) is 0 Å². The van der Waals surface area contributed by atoms with E-state index in [9.17, 15) is 4.79 Å². The minimum atomic E-state index is -0.232. The van der Waals surface area contributed by atoms with E-state index in [1.807, 2.05) is 66.3 Å². The van der Waals surface area contributed by atoms with E-state index in [-0.39, 0.29) is 5.91 Å². The predicted molar refractivity (Wildman–Crippen MR) is 106 cm³/mol. The van der Waals surface area contributed by atoms with Gasteiger partial charge in [-0.25, -0.2) is 0 Å². The van der Waals surface area contributed by atoms with E-state index in [2.05, 4.69) is 23.1 Å². The summed E-state index contributed by atoms with van der Waals surface area (Å²) in [5.41, 5.74) is 9.12. The molecule has 3 N–H and O–H groups in total. The smallest absolute Gasteiger partial charge is 0.271 e. The molecule has 5 nitrogen and oxygen atoms in total. The highest BCUT2D eigenvalue weighted by Gasteiger charge is 2.13. The molecule has 1 amide bonds. The van der Waals surface area contributed by atoms with E-state index < -0.39 is 0 Å². The molecular weight excluding hydrogens is 332 g/mol. The standard InChI is InChI=1S/C19H20N4OS/c1-3-13-8-4-6-10-16(13)20-19(25)22-21-18(24)15-12-23(2)17-11-7-5-9-14(15)17/h4-12H,3H2,1-2H3,(H,21,24)(H2,20,22,25). The van der Waals surface area contributed by atoms with Crippen molar-refractivity contribution >= 4 is 39.8 Å². The number of anilines is 1. The summed E-state index contributed by atoms with van der Waals surface area (Å²) in [6, 6.07) is 15.7. The zero-order valence-electron chi connectivity index (χ0n) is 14.2. The van der Waals surface area contributed by atoms with E-state index in [1.54, 1.807) is 0 Å². The van der Waals surface area contributed by atoms with Crippen LogP contribution in [0.15, 0.2) is 54.7 Å². The normalized spacial score (nSPS) is 10.5. The number of benzene rings is 2. The number of hydrogen-bond acceptors (Lipinski definition) is 2. The van der Waals surface area contributed by atoms with Gasteiger partial charge >= 0.3 is 0 Å². The molecule has 128 valence electrons. The van der Waals surface area contributed by atoms with Crippen LogP contribution < -0.4 is 16.2 Å². The summed E-state index contributed by atoms with van der Waals surface area (Å²) >= 11 is 5.27. The number of fused-ring (bicyclic) bond motifs is 1. The third-order valence-electron chi connectivity index (χ3n) is 4.08. The molecule has 0 bridgehead atoms. The quantitative estimate of drug-likeness (QED) is 0.500. The highest BCUT2D eigenvalue weighted by molar-refractivity contribution is 7.80. The molecule has 0 saturated carbocycles. The van der Waals surface area contributed by atoms with Gasteiger partial charge in [-0.15, -0.1) is 0 Å². The Hall–Kier alpha value is -2.86. The molecule has 0 aliphatic rings. The number of carbonyl (C=O) groups excluding carboxylic acids is 1. The first-order valence-corrected chi connectivity index (χ1v) is 8.50. The molecule has 0 aliphatic carbocycles. The lowest BCUT2D eigenvalue weighted by molar-refractivity contribution is 0.0945. The number of nitrogens with one attached hydrogen (secondary N) is 3. The molecule has 6 heteroatoms. The topological polar surface area (TPSA) is 58.1 Å². The van der Waals surface area contributed by atoms with Gasteiger partial charge in [0.05, 0.1) is 5.56 Å². The molecule has 1 aromatic heterocycles.